The molecule has 0 heterocycles. The first-order valence-corrected chi connectivity index (χ1v) is 7.19. The van der Waals surface area contributed by atoms with Gasteiger partial charge in [-0.2, -0.15) is 0 Å². The van der Waals surface area contributed by atoms with E-state index in [9.17, 15) is 9.18 Å². The summed E-state index contributed by atoms with van der Waals surface area (Å²) in [5.41, 5.74) is 1.26. The molecule has 0 unspecified atom stereocenters. The molecule has 0 bridgehead atoms. The van der Waals surface area contributed by atoms with Crippen LogP contribution in [-0.4, -0.2) is 23.9 Å². The van der Waals surface area contributed by atoms with Gasteiger partial charge in [0.25, 0.3) is 0 Å². The summed E-state index contributed by atoms with van der Waals surface area (Å²) in [6.45, 7) is 9.01. The van der Waals surface area contributed by atoms with Crippen LogP contribution in [-0.2, 0) is 10.2 Å². The molecule has 0 radical (unpaired) electrons. The number of rotatable bonds is 5. The number of amides is 1. The Bertz CT molecular complexity index is 519. The Morgan fingerprint density at radius 1 is 1.45 bits per heavy atom. The van der Waals surface area contributed by atoms with Crippen LogP contribution in [0.25, 0.3) is 0 Å². The molecular formula is C17H22FNO. The van der Waals surface area contributed by atoms with E-state index in [0.29, 0.717) is 13.1 Å². The standard InChI is InChI=1S/C17H22FNO/c1-4-19(12-13(2)3)16(20)17(9-6-10-17)14-7-5-8-15(18)11-14/h5,7-8,11H,2,4,6,9-10,12H2,1,3H3. The van der Waals surface area contributed by atoms with Gasteiger partial charge in [-0.3, -0.25) is 4.79 Å². The maximum Gasteiger partial charge on any atom is 0.233 e. The van der Waals surface area contributed by atoms with Gasteiger partial charge < -0.3 is 4.90 Å². The average Bonchev–Trinajstić information content (AvgIpc) is 2.34. The molecule has 1 aromatic carbocycles. The first kappa shape index (κ1) is 14.8. The van der Waals surface area contributed by atoms with E-state index in [2.05, 4.69) is 6.58 Å². The first-order chi connectivity index (χ1) is 9.49. The zero-order valence-corrected chi connectivity index (χ0v) is 12.3. The van der Waals surface area contributed by atoms with Crippen LogP contribution in [0.1, 0.15) is 38.7 Å². The summed E-state index contributed by atoms with van der Waals surface area (Å²) in [5.74, 6) is -0.163. The van der Waals surface area contributed by atoms with Crippen molar-refractivity contribution in [3.63, 3.8) is 0 Å². The summed E-state index contributed by atoms with van der Waals surface area (Å²) in [7, 11) is 0. The Labute approximate surface area is 120 Å². The Morgan fingerprint density at radius 3 is 2.60 bits per heavy atom. The van der Waals surface area contributed by atoms with Crippen LogP contribution in [0.5, 0.6) is 0 Å². The molecule has 2 rings (SSSR count). The number of benzene rings is 1. The molecular weight excluding hydrogens is 253 g/mol. The minimum absolute atomic E-state index is 0.111. The summed E-state index contributed by atoms with van der Waals surface area (Å²) >= 11 is 0. The third-order valence-electron chi connectivity index (χ3n) is 4.12. The molecule has 1 aliphatic rings. The predicted molar refractivity (Wildman–Crippen MR) is 79.0 cm³/mol. The summed E-state index contributed by atoms with van der Waals surface area (Å²) in [4.78, 5) is 14.7. The third kappa shape index (κ3) is 2.62. The topological polar surface area (TPSA) is 20.3 Å². The van der Waals surface area contributed by atoms with Crippen LogP contribution in [0.2, 0.25) is 0 Å². The highest BCUT2D eigenvalue weighted by Gasteiger charge is 2.47. The fourth-order valence-corrected chi connectivity index (χ4v) is 2.90. The van der Waals surface area contributed by atoms with E-state index in [4.69, 9.17) is 0 Å². The number of likely N-dealkylation sites (N-methyl/N-ethyl adjacent to an activating group) is 1. The minimum atomic E-state index is -0.520. The molecule has 0 saturated heterocycles. The van der Waals surface area contributed by atoms with Gasteiger partial charge in [0.1, 0.15) is 5.82 Å². The van der Waals surface area contributed by atoms with Crippen LogP contribution in [0.4, 0.5) is 4.39 Å². The van der Waals surface area contributed by atoms with Gasteiger partial charge in [-0.1, -0.05) is 30.7 Å². The van der Waals surface area contributed by atoms with Crippen molar-refractivity contribution in [1.82, 2.24) is 4.90 Å². The molecule has 1 saturated carbocycles. The first-order valence-electron chi connectivity index (χ1n) is 7.19. The second kappa shape index (κ2) is 5.78. The van der Waals surface area contributed by atoms with E-state index in [1.54, 1.807) is 6.07 Å². The van der Waals surface area contributed by atoms with Crippen molar-refractivity contribution in [2.45, 2.75) is 38.5 Å². The number of carbonyl (C=O) groups is 1. The molecule has 1 aliphatic carbocycles. The van der Waals surface area contributed by atoms with Gasteiger partial charge in [0.15, 0.2) is 0 Å². The largest absolute Gasteiger partial charge is 0.338 e. The fourth-order valence-electron chi connectivity index (χ4n) is 2.90. The summed E-state index contributed by atoms with van der Waals surface area (Å²) in [6, 6.07) is 6.49. The van der Waals surface area contributed by atoms with E-state index in [-0.39, 0.29) is 11.7 Å². The molecule has 1 amide bonds. The van der Waals surface area contributed by atoms with Gasteiger partial charge in [-0.05, 0) is 44.4 Å². The molecule has 0 spiro atoms. The Kier molecular flexibility index (Phi) is 4.26. The van der Waals surface area contributed by atoms with Crippen LogP contribution >= 0.6 is 0 Å². The zero-order valence-electron chi connectivity index (χ0n) is 12.3. The number of carbonyl (C=O) groups excluding carboxylic acids is 1. The van der Waals surface area contributed by atoms with Crippen LogP contribution in [0.15, 0.2) is 36.4 Å². The highest BCUT2D eigenvalue weighted by molar-refractivity contribution is 5.89. The van der Waals surface area contributed by atoms with Crippen molar-refractivity contribution in [3.05, 3.63) is 47.8 Å². The number of hydrogen-bond donors (Lipinski definition) is 0. The summed E-state index contributed by atoms with van der Waals surface area (Å²) in [6.07, 6.45) is 2.64. The number of halogens is 1. The predicted octanol–water partition coefficient (Wildman–Crippen LogP) is 3.67. The molecule has 0 aliphatic heterocycles. The van der Waals surface area contributed by atoms with Gasteiger partial charge in [0.05, 0.1) is 5.41 Å². The number of hydrogen-bond acceptors (Lipinski definition) is 1. The summed E-state index contributed by atoms with van der Waals surface area (Å²) in [5, 5.41) is 0. The fraction of sp³-hybridized carbons (Fsp3) is 0.471. The van der Waals surface area contributed by atoms with Gasteiger partial charge in [-0.25, -0.2) is 4.39 Å². The molecule has 108 valence electrons. The normalized spacial score (nSPS) is 16.4. The highest BCUT2D eigenvalue weighted by atomic mass is 19.1. The van der Waals surface area contributed by atoms with Crippen molar-refractivity contribution in [1.29, 1.82) is 0 Å². The lowest BCUT2D eigenvalue weighted by molar-refractivity contribution is -0.140. The molecule has 1 fully saturated rings. The quantitative estimate of drug-likeness (QED) is 0.751. The lowest BCUT2D eigenvalue weighted by Gasteiger charge is -2.44. The monoisotopic (exact) mass is 275 g/mol. The van der Waals surface area contributed by atoms with Crippen molar-refractivity contribution in [2.75, 3.05) is 13.1 Å². The molecule has 1 aromatic rings. The maximum absolute atomic E-state index is 13.5. The molecule has 0 aromatic heterocycles. The smallest absolute Gasteiger partial charge is 0.233 e. The van der Waals surface area contributed by atoms with E-state index in [0.717, 1.165) is 30.4 Å². The Balaban J connectivity index is 2.30. The van der Waals surface area contributed by atoms with Crippen molar-refractivity contribution in [2.24, 2.45) is 0 Å². The Hall–Kier alpha value is -1.64. The van der Waals surface area contributed by atoms with Gasteiger partial charge in [-0.15, -0.1) is 0 Å². The SMILES string of the molecule is C=C(C)CN(CC)C(=O)C1(c2cccc(F)c2)CCC1. The van der Waals surface area contributed by atoms with Crippen molar-refractivity contribution >= 4 is 5.91 Å². The second-order valence-electron chi connectivity index (χ2n) is 5.72. The van der Waals surface area contributed by atoms with Crippen LogP contribution in [0, 0.1) is 5.82 Å². The molecule has 2 nitrogen and oxygen atoms in total. The third-order valence-corrected chi connectivity index (χ3v) is 4.12. The van der Waals surface area contributed by atoms with Crippen LogP contribution < -0.4 is 0 Å². The Morgan fingerprint density at radius 2 is 2.15 bits per heavy atom. The molecule has 0 atom stereocenters. The number of nitrogens with zero attached hydrogens (tertiary/aromatic N) is 1. The average molecular weight is 275 g/mol. The van der Waals surface area contributed by atoms with E-state index in [1.165, 1.54) is 12.1 Å². The van der Waals surface area contributed by atoms with Crippen molar-refractivity contribution in [3.8, 4) is 0 Å². The molecule has 20 heavy (non-hydrogen) atoms. The van der Waals surface area contributed by atoms with E-state index < -0.39 is 5.41 Å². The summed E-state index contributed by atoms with van der Waals surface area (Å²) < 4.78 is 13.5. The second-order valence-corrected chi connectivity index (χ2v) is 5.72. The molecule has 0 N–H and O–H groups in total. The maximum atomic E-state index is 13.5. The lowest BCUT2D eigenvalue weighted by Crippen LogP contribution is -2.51. The lowest BCUT2D eigenvalue weighted by atomic mass is 9.63. The minimum Gasteiger partial charge on any atom is -0.338 e. The van der Waals surface area contributed by atoms with Gasteiger partial charge in [0, 0.05) is 13.1 Å². The highest BCUT2D eigenvalue weighted by Crippen LogP contribution is 2.45. The van der Waals surface area contributed by atoms with Crippen LogP contribution in [0.3, 0.4) is 0 Å². The zero-order chi connectivity index (χ0) is 14.8. The van der Waals surface area contributed by atoms with E-state index in [1.807, 2.05) is 24.8 Å². The van der Waals surface area contributed by atoms with E-state index >= 15 is 0 Å². The van der Waals surface area contributed by atoms with Crippen molar-refractivity contribution < 1.29 is 9.18 Å². The van der Waals surface area contributed by atoms with Gasteiger partial charge >= 0.3 is 0 Å². The van der Waals surface area contributed by atoms with Gasteiger partial charge in [0.2, 0.25) is 5.91 Å². The molecule has 3 heteroatoms.